The van der Waals surface area contributed by atoms with E-state index in [9.17, 15) is 4.79 Å². The first-order valence-corrected chi connectivity index (χ1v) is 5.47. The van der Waals surface area contributed by atoms with Crippen LogP contribution in [0.15, 0.2) is 24.3 Å². The van der Waals surface area contributed by atoms with Crippen LogP contribution in [0.3, 0.4) is 0 Å². The van der Waals surface area contributed by atoms with Gasteiger partial charge in [-0.2, -0.15) is 15.4 Å². The summed E-state index contributed by atoms with van der Waals surface area (Å²) in [5, 5.41) is 13.3. The Morgan fingerprint density at radius 1 is 1.41 bits per heavy atom. The standard InChI is InChI=1S/C12H14N4O/c1-9(17)13-7-3-2-4-10-5-6-11-12(8-10)15-16-14-11/h2,4-6,8H,3,7H2,1H3,(H,13,17)(H,14,15,16). The Morgan fingerprint density at radius 3 is 3.06 bits per heavy atom. The summed E-state index contributed by atoms with van der Waals surface area (Å²) in [5.41, 5.74) is 2.80. The third-order valence-electron chi connectivity index (χ3n) is 2.34. The van der Waals surface area contributed by atoms with E-state index in [2.05, 4.69) is 20.7 Å². The molecule has 1 heterocycles. The number of carbonyl (C=O) groups excluding carboxylic acids is 1. The Hall–Kier alpha value is -2.17. The molecule has 1 aromatic heterocycles. The summed E-state index contributed by atoms with van der Waals surface area (Å²) in [5.74, 6) is 0.00224. The van der Waals surface area contributed by atoms with Crippen LogP contribution in [-0.4, -0.2) is 27.9 Å². The van der Waals surface area contributed by atoms with Gasteiger partial charge in [0.25, 0.3) is 0 Å². The zero-order valence-corrected chi connectivity index (χ0v) is 9.60. The highest BCUT2D eigenvalue weighted by Crippen LogP contribution is 2.11. The summed E-state index contributed by atoms with van der Waals surface area (Å²) in [7, 11) is 0. The Balaban J connectivity index is 1.93. The van der Waals surface area contributed by atoms with Crippen molar-refractivity contribution in [3.05, 3.63) is 29.8 Å². The molecule has 0 saturated heterocycles. The largest absolute Gasteiger partial charge is 0.356 e. The highest BCUT2D eigenvalue weighted by atomic mass is 16.1. The number of amides is 1. The summed E-state index contributed by atoms with van der Waals surface area (Å²) in [6.07, 6.45) is 4.85. The second-order valence-corrected chi connectivity index (χ2v) is 3.75. The van der Waals surface area contributed by atoms with E-state index in [-0.39, 0.29) is 5.91 Å². The van der Waals surface area contributed by atoms with Crippen molar-refractivity contribution in [2.24, 2.45) is 0 Å². The number of benzene rings is 1. The molecule has 2 rings (SSSR count). The van der Waals surface area contributed by atoms with Crippen molar-refractivity contribution >= 4 is 23.0 Å². The SMILES string of the molecule is CC(=O)NCCC=Cc1ccc2n[nH]nc2c1. The summed E-state index contributed by atoms with van der Waals surface area (Å²) < 4.78 is 0. The molecule has 0 spiro atoms. The van der Waals surface area contributed by atoms with Gasteiger partial charge in [-0.15, -0.1) is 0 Å². The number of fused-ring (bicyclic) bond motifs is 1. The van der Waals surface area contributed by atoms with Crippen LogP contribution in [0.2, 0.25) is 0 Å². The number of aromatic nitrogens is 3. The van der Waals surface area contributed by atoms with Crippen molar-refractivity contribution in [2.75, 3.05) is 6.54 Å². The van der Waals surface area contributed by atoms with E-state index >= 15 is 0 Å². The normalized spacial score (nSPS) is 11.1. The molecule has 5 nitrogen and oxygen atoms in total. The second-order valence-electron chi connectivity index (χ2n) is 3.75. The van der Waals surface area contributed by atoms with Crippen LogP contribution in [-0.2, 0) is 4.79 Å². The zero-order chi connectivity index (χ0) is 12.1. The lowest BCUT2D eigenvalue weighted by atomic mass is 10.2. The summed E-state index contributed by atoms with van der Waals surface area (Å²) >= 11 is 0. The molecule has 2 N–H and O–H groups in total. The van der Waals surface area contributed by atoms with Crippen LogP contribution in [0.25, 0.3) is 17.1 Å². The minimum absolute atomic E-state index is 0.00224. The molecule has 0 radical (unpaired) electrons. The molecule has 0 saturated carbocycles. The lowest BCUT2D eigenvalue weighted by Crippen LogP contribution is -2.20. The maximum absolute atomic E-state index is 10.6. The lowest BCUT2D eigenvalue weighted by Gasteiger charge is -1.97. The van der Waals surface area contributed by atoms with Gasteiger partial charge in [-0.3, -0.25) is 4.79 Å². The Bertz CT molecular complexity index is 544. The van der Waals surface area contributed by atoms with Gasteiger partial charge < -0.3 is 5.32 Å². The fraction of sp³-hybridized carbons (Fsp3) is 0.250. The van der Waals surface area contributed by atoms with E-state index in [4.69, 9.17) is 0 Å². The van der Waals surface area contributed by atoms with Crippen LogP contribution >= 0.6 is 0 Å². The monoisotopic (exact) mass is 230 g/mol. The van der Waals surface area contributed by atoms with Gasteiger partial charge in [0.05, 0.1) is 0 Å². The molecule has 0 aliphatic rings. The van der Waals surface area contributed by atoms with Crippen LogP contribution in [0, 0.1) is 0 Å². The van der Waals surface area contributed by atoms with E-state index in [1.165, 1.54) is 6.92 Å². The fourth-order valence-corrected chi connectivity index (χ4v) is 1.51. The molecule has 5 heteroatoms. The highest BCUT2D eigenvalue weighted by Gasteiger charge is 1.96. The van der Waals surface area contributed by atoms with Gasteiger partial charge in [0.1, 0.15) is 11.0 Å². The summed E-state index contributed by atoms with van der Waals surface area (Å²) in [6, 6.07) is 5.87. The molecule has 0 fully saturated rings. The Labute approximate surface area is 98.9 Å². The molecule has 17 heavy (non-hydrogen) atoms. The van der Waals surface area contributed by atoms with Crippen molar-refractivity contribution in [3.63, 3.8) is 0 Å². The quantitative estimate of drug-likeness (QED) is 0.782. The molecule has 88 valence electrons. The highest BCUT2D eigenvalue weighted by molar-refractivity contribution is 5.76. The van der Waals surface area contributed by atoms with Crippen LogP contribution in [0.5, 0.6) is 0 Å². The second kappa shape index (κ2) is 5.25. The minimum Gasteiger partial charge on any atom is -0.356 e. The first kappa shape index (κ1) is 11.3. The number of carbonyl (C=O) groups is 1. The van der Waals surface area contributed by atoms with Gasteiger partial charge in [0.2, 0.25) is 5.91 Å². The third kappa shape index (κ3) is 3.14. The molecule has 0 aliphatic carbocycles. The van der Waals surface area contributed by atoms with E-state index in [1.807, 2.05) is 30.4 Å². The maximum Gasteiger partial charge on any atom is 0.216 e. The number of hydrogen-bond donors (Lipinski definition) is 2. The molecular weight excluding hydrogens is 216 g/mol. The third-order valence-corrected chi connectivity index (χ3v) is 2.34. The Morgan fingerprint density at radius 2 is 2.24 bits per heavy atom. The lowest BCUT2D eigenvalue weighted by molar-refractivity contribution is -0.118. The van der Waals surface area contributed by atoms with E-state index in [0.29, 0.717) is 6.54 Å². The molecule has 1 amide bonds. The van der Waals surface area contributed by atoms with Gasteiger partial charge >= 0.3 is 0 Å². The first-order valence-electron chi connectivity index (χ1n) is 5.47. The maximum atomic E-state index is 10.6. The molecule has 0 unspecified atom stereocenters. The predicted octanol–water partition coefficient (Wildman–Crippen LogP) is 1.50. The number of hydrogen-bond acceptors (Lipinski definition) is 3. The van der Waals surface area contributed by atoms with E-state index in [1.54, 1.807) is 0 Å². The molecule has 0 atom stereocenters. The van der Waals surface area contributed by atoms with Crippen molar-refractivity contribution < 1.29 is 4.79 Å². The summed E-state index contributed by atoms with van der Waals surface area (Å²) in [4.78, 5) is 10.6. The molecule has 0 aliphatic heterocycles. The van der Waals surface area contributed by atoms with Gasteiger partial charge in [-0.05, 0) is 24.1 Å². The molecule has 1 aromatic carbocycles. The van der Waals surface area contributed by atoms with Crippen molar-refractivity contribution in [1.29, 1.82) is 0 Å². The van der Waals surface area contributed by atoms with Crippen LogP contribution in [0.4, 0.5) is 0 Å². The van der Waals surface area contributed by atoms with Crippen molar-refractivity contribution in [1.82, 2.24) is 20.7 Å². The average molecular weight is 230 g/mol. The zero-order valence-electron chi connectivity index (χ0n) is 9.60. The topological polar surface area (TPSA) is 70.7 Å². The number of H-pyrrole nitrogens is 1. The molecule has 2 aromatic rings. The summed E-state index contributed by atoms with van der Waals surface area (Å²) in [6.45, 7) is 2.18. The van der Waals surface area contributed by atoms with Crippen molar-refractivity contribution in [3.8, 4) is 0 Å². The number of nitrogens with one attached hydrogen (secondary N) is 2. The molecule has 0 bridgehead atoms. The molecular formula is C12H14N4O. The van der Waals surface area contributed by atoms with Crippen LogP contribution < -0.4 is 5.32 Å². The van der Waals surface area contributed by atoms with Gasteiger partial charge in [-0.25, -0.2) is 0 Å². The van der Waals surface area contributed by atoms with Gasteiger partial charge in [0.15, 0.2) is 0 Å². The van der Waals surface area contributed by atoms with Gasteiger partial charge in [-0.1, -0.05) is 18.2 Å². The predicted molar refractivity (Wildman–Crippen MR) is 66.2 cm³/mol. The Kier molecular flexibility index (Phi) is 3.49. The van der Waals surface area contributed by atoms with Crippen molar-refractivity contribution in [2.45, 2.75) is 13.3 Å². The average Bonchev–Trinajstić information content (AvgIpc) is 2.75. The fourth-order valence-electron chi connectivity index (χ4n) is 1.51. The minimum atomic E-state index is 0.00224. The van der Waals surface area contributed by atoms with Gasteiger partial charge in [0, 0.05) is 13.5 Å². The number of aromatic amines is 1. The first-order chi connectivity index (χ1) is 8.25. The number of nitrogens with zero attached hydrogens (tertiary/aromatic N) is 2. The van der Waals surface area contributed by atoms with Crippen LogP contribution in [0.1, 0.15) is 18.9 Å². The van der Waals surface area contributed by atoms with E-state index in [0.717, 1.165) is 23.0 Å². The van der Waals surface area contributed by atoms with E-state index < -0.39 is 0 Å². The smallest absolute Gasteiger partial charge is 0.216 e. The number of rotatable bonds is 4.